The second-order valence-electron chi connectivity index (χ2n) is 7.79. The number of benzene rings is 3. The molecule has 1 aliphatic heterocycles. The average Bonchev–Trinajstić information content (AvgIpc) is 2.81. The van der Waals surface area contributed by atoms with Gasteiger partial charge in [0.2, 0.25) is 0 Å². The second-order valence-corrected chi connectivity index (χ2v) is 7.79. The monoisotopic (exact) mass is 466 g/mol. The number of halogens is 2. The Hall–Kier alpha value is -4.14. The third-order valence-corrected chi connectivity index (χ3v) is 5.51. The number of imide groups is 1. The van der Waals surface area contributed by atoms with Crippen LogP contribution in [0.3, 0.4) is 0 Å². The maximum Gasteiger partial charge on any atom is 0.306 e. The topological polar surface area (TPSA) is 92.8 Å². The zero-order chi connectivity index (χ0) is 24.4. The number of nitrogens with one attached hydrogen (secondary N) is 1. The minimum absolute atomic E-state index is 0.0154. The van der Waals surface area contributed by atoms with Gasteiger partial charge in [0.25, 0.3) is 17.7 Å². The standard InChI is InChI=1S/C25H20F2N2O5/c1-14(23(31)28-22-18(26)10-4-11-19(22)27)34-20(30)12-5-13-29-24(32)16-8-2-6-15-7-3-9-17(21(15)16)25(29)33/h2-4,6-11,14H,5,12-13H2,1H3,(H,28,31). The molecule has 0 radical (unpaired) electrons. The van der Waals surface area contributed by atoms with E-state index in [1.807, 2.05) is 12.1 Å². The molecule has 0 spiro atoms. The molecule has 0 aliphatic carbocycles. The number of carbonyl (C=O) groups excluding carboxylic acids is 4. The number of nitrogens with zero attached hydrogens (tertiary/aromatic N) is 1. The third-order valence-electron chi connectivity index (χ3n) is 5.51. The SMILES string of the molecule is CC(OC(=O)CCCN1C(=O)c2cccc3cccc(c23)C1=O)C(=O)Nc1c(F)cccc1F. The van der Waals surface area contributed by atoms with Gasteiger partial charge in [-0.25, -0.2) is 8.78 Å². The van der Waals surface area contributed by atoms with Crippen molar-refractivity contribution in [1.29, 1.82) is 0 Å². The molecular formula is C25H20F2N2O5. The summed E-state index contributed by atoms with van der Waals surface area (Å²) in [6, 6.07) is 13.6. The minimum atomic E-state index is -1.31. The molecule has 1 aliphatic rings. The molecule has 0 saturated heterocycles. The second kappa shape index (κ2) is 9.38. The zero-order valence-electron chi connectivity index (χ0n) is 18.1. The molecule has 174 valence electrons. The first-order chi connectivity index (χ1) is 16.3. The number of ether oxygens (including phenoxy) is 1. The van der Waals surface area contributed by atoms with Crippen LogP contribution in [0.25, 0.3) is 10.8 Å². The van der Waals surface area contributed by atoms with Gasteiger partial charge in [0.15, 0.2) is 6.10 Å². The van der Waals surface area contributed by atoms with Gasteiger partial charge in [-0.3, -0.25) is 24.1 Å². The van der Waals surface area contributed by atoms with Crippen molar-refractivity contribution in [3.05, 3.63) is 77.4 Å². The van der Waals surface area contributed by atoms with E-state index in [4.69, 9.17) is 4.74 Å². The van der Waals surface area contributed by atoms with Crippen LogP contribution in [-0.2, 0) is 14.3 Å². The van der Waals surface area contributed by atoms with E-state index < -0.39 is 47.1 Å². The van der Waals surface area contributed by atoms with Crippen molar-refractivity contribution in [3.8, 4) is 0 Å². The highest BCUT2D eigenvalue weighted by atomic mass is 19.1. The predicted molar refractivity (Wildman–Crippen MR) is 119 cm³/mol. The van der Waals surface area contributed by atoms with Gasteiger partial charge in [0.1, 0.15) is 17.3 Å². The lowest BCUT2D eigenvalue weighted by molar-refractivity contribution is -0.153. The van der Waals surface area contributed by atoms with Crippen LogP contribution >= 0.6 is 0 Å². The highest BCUT2D eigenvalue weighted by molar-refractivity contribution is 6.25. The van der Waals surface area contributed by atoms with Gasteiger partial charge in [-0.1, -0.05) is 30.3 Å². The van der Waals surface area contributed by atoms with Gasteiger partial charge in [-0.2, -0.15) is 0 Å². The van der Waals surface area contributed by atoms with Crippen molar-refractivity contribution in [1.82, 2.24) is 4.90 Å². The summed E-state index contributed by atoms with van der Waals surface area (Å²) in [5.41, 5.74) is 0.203. The summed E-state index contributed by atoms with van der Waals surface area (Å²) in [5.74, 6) is -4.45. The number of carbonyl (C=O) groups is 4. The first kappa shape index (κ1) is 23.0. The molecular weight excluding hydrogens is 446 g/mol. The van der Waals surface area contributed by atoms with Crippen LogP contribution in [0.15, 0.2) is 54.6 Å². The number of anilines is 1. The van der Waals surface area contributed by atoms with E-state index in [0.29, 0.717) is 16.5 Å². The number of hydrogen-bond acceptors (Lipinski definition) is 5. The number of para-hydroxylation sites is 1. The van der Waals surface area contributed by atoms with Crippen molar-refractivity contribution in [3.63, 3.8) is 0 Å². The van der Waals surface area contributed by atoms with Crippen LogP contribution in [0.5, 0.6) is 0 Å². The van der Waals surface area contributed by atoms with E-state index in [0.717, 1.165) is 28.5 Å². The Morgan fingerprint density at radius 2 is 1.50 bits per heavy atom. The fourth-order valence-electron chi connectivity index (χ4n) is 3.82. The summed E-state index contributed by atoms with van der Waals surface area (Å²) in [4.78, 5) is 51.1. The van der Waals surface area contributed by atoms with Crippen molar-refractivity contribution in [2.24, 2.45) is 0 Å². The molecule has 1 N–H and O–H groups in total. The Bertz CT molecular complexity index is 1250. The van der Waals surface area contributed by atoms with Gasteiger partial charge in [0, 0.05) is 29.5 Å². The number of rotatable bonds is 7. The zero-order valence-corrected chi connectivity index (χ0v) is 18.1. The van der Waals surface area contributed by atoms with Gasteiger partial charge < -0.3 is 10.1 Å². The first-order valence-corrected chi connectivity index (χ1v) is 10.6. The van der Waals surface area contributed by atoms with E-state index in [-0.39, 0.29) is 19.4 Å². The molecule has 3 aromatic rings. The predicted octanol–water partition coefficient (Wildman–Crippen LogP) is 4.06. The summed E-state index contributed by atoms with van der Waals surface area (Å²) >= 11 is 0. The Kier molecular flexibility index (Phi) is 6.36. The summed E-state index contributed by atoms with van der Waals surface area (Å²) < 4.78 is 32.4. The highest BCUT2D eigenvalue weighted by Crippen LogP contribution is 2.30. The largest absolute Gasteiger partial charge is 0.453 e. The lowest BCUT2D eigenvalue weighted by Gasteiger charge is -2.27. The fraction of sp³-hybridized carbons (Fsp3) is 0.200. The maximum absolute atomic E-state index is 13.7. The molecule has 3 amide bonds. The van der Waals surface area contributed by atoms with E-state index in [9.17, 15) is 28.0 Å². The van der Waals surface area contributed by atoms with Crippen LogP contribution < -0.4 is 5.32 Å². The minimum Gasteiger partial charge on any atom is -0.453 e. The Morgan fingerprint density at radius 1 is 0.941 bits per heavy atom. The lowest BCUT2D eigenvalue weighted by atomic mass is 9.94. The van der Waals surface area contributed by atoms with Gasteiger partial charge in [0.05, 0.1) is 0 Å². The number of hydrogen-bond donors (Lipinski definition) is 1. The molecule has 0 bridgehead atoms. The van der Waals surface area contributed by atoms with Crippen molar-refractivity contribution in [2.75, 3.05) is 11.9 Å². The van der Waals surface area contributed by atoms with Crippen molar-refractivity contribution >= 4 is 40.2 Å². The normalized spacial score (nSPS) is 13.7. The molecule has 7 nitrogen and oxygen atoms in total. The van der Waals surface area contributed by atoms with Crippen molar-refractivity contribution < 1.29 is 32.7 Å². The Morgan fingerprint density at radius 3 is 2.09 bits per heavy atom. The fourth-order valence-corrected chi connectivity index (χ4v) is 3.82. The third kappa shape index (κ3) is 4.36. The summed E-state index contributed by atoms with van der Waals surface area (Å²) in [7, 11) is 0. The Balaban J connectivity index is 1.33. The van der Waals surface area contributed by atoms with Crippen LogP contribution in [0, 0.1) is 11.6 Å². The molecule has 3 aromatic carbocycles. The van der Waals surface area contributed by atoms with Crippen LogP contribution in [-0.4, -0.2) is 41.2 Å². The van der Waals surface area contributed by atoms with E-state index in [1.54, 1.807) is 24.3 Å². The molecule has 34 heavy (non-hydrogen) atoms. The van der Waals surface area contributed by atoms with E-state index in [2.05, 4.69) is 5.32 Å². The molecule has 1 atom stereocenters. The molecule has 1 heterocycles. The lowest BCUT2D eigenvalue weighted by Crippen LogP contribution is -2.41. The van der Waals surface area contributed by atoms with Gasteiger partial charge in [-0.05, 0) is 43.0 Å². The molecule has 0 aromatic heterocycles. The van der Waals surface area contributed by atoms with Crippen LogP contribution in [0.2, 0.25) is 0 Å². The van der Waals surface area contributed by atoms with E-state index in [1.165, 1.54) is 6.92 Å². The summed E-state index contributed by atoms with van der Waals surface area (Å²) in [6.45, 7) is 1.25. The molecule has 0 saturated carbocycles. The number of amides is 3. The van der Waals surface area contributed by atoms with Crippen LogP contribution in [0.4, 0.5) is 14.5 Å². The molecule has 4 rings (SSSR count). The van der Waals surface area contributed by atoms with Crippen molar-refractivity contribution in [2.45, 2.75) is 25.9 Å². The van der Waals surface area contributed by atoms with Gasteiger partial charge >= 0.3 is 5.97 Å². The maximum atomic E-state index is 13.7. The number of esters is 1. The first-order valence-electron chi connectivity index (χ1n) is 10.6. The molecule has 1 unspecified atom stereocenters. The Labute approximate surface area is 193 Å². The van der Waals surface area contributed by atoms with E-state index >= 15 is 0 Å². The molecule has 9 heteroatoms. The average molecular weight is 466 g/mol. The quantitative estimate of drug-likeness (QED) is 0.419. The smallest absolute Gasteiger partial charge is 0.306 e. The van der Waals surface area contributed by atoms with Gasteiger partial charge in [-0.15, -0.1) is 0 Å². The summed E-state index contributed by atoms with van der Waals surface area (Å²) in [6.07, 6.45) is -1.37. The summed E-state index contributed by atoms with van der Waals surface area (Å²) in [5, 5.41) is 3.46. The van der Waals surface area contributed by atoms with Crippen LogP contribution in [0.1, 0.15) is 40.5 Å². The molecule has 0 fully saturated rings. The highest BCUT2D eigenvalue weighted by Gasteiger charge is 2.32.